The Morgan fingerprint density at radius 2 is 1.80 bits per heavy atom. The number of rotatable bonds is 13. The molecule has 1 saturated carbocycles. The molecule has 2 aromatic carbocycles. The SMILES string of the molecule is C=CC(=O)Nc1cc(Nc2ncc3cc(C(=O)Nc4cccc(OC)c4)n(C4CCCC4)c3n2)c(OC)cc1N(C)CCN(C)C. The zero-order valence-electron chi connectivity index (χ0n) is 27.1. The number of hydrogen-bond acceptors (Lipinski definition) is 9. The van der Waals surface area contributed by atoms with Gasteiger partial charge >= 0.3 is 0 Å². The van der Waals surface area contributed by atoms with Crippen molar-refractivity contribution in [3.63, 3.8) is 0 Å². The lowest BCUT2D eigenvalue weighted by molar-refractivity contribution is -0.111. The summed E-state index contributed by atoms with van der Waals surface area (Å²) >= 11 is 0. The lowest BCUT2D eigenvalue weighted by Crippen LogP contribution is -2.29. The molecular weight excluding hydrogens is 584 g/mol. The van der Waals surface area contributed by atoms with Gasteiger partial charge in [0, 0.05) is 55.6 Å². The Balaban J connectivity index is 1.51. The van der Waals surface area contributed by atoms with Crippen LogP contribution in [0.1, 0.15) is 42.2 Å². The van der Waals surface area contributed by atoms with Gasteiger partial charge in [0.15, 0.2) is 0 Å². The highest BCUT2D eigenvalue weighted by Crippen LogP contribution is 2.39. The van der Waals surface area contributed by atoms with Crippen molar-refractivity contribution < 1.29 is 19.1 Å². The third-order valence-electron chi connectivity index (χ3n) is 8.13. The highest BCUT2D eigenvalue weighted by atomic mass is 16.5. The number of methoxy groups -OCH3 is 2. The van der Waals surface area contributed by atoms with E-state index < -0.39 is 0 Å². The molecule has 0 bridgehead atoms. The smallest absolute Gasteiger partial charge is 0.272 e. The van der Waals surface area contributed by atoms with Gasteiger partial charge in [-0.1, -0.05) is 25.5 Å². The monoisotopic (exact) mass is 626 g/mol. The molecule has 0 saturated heterocycles. The van der Waals surface area contributed by atoms with Crippen LogP contribution in [0.4, 0.5) is 28.7 Å². The van der Waals surface area contributed by atoms with Crippen LogP contribution < -0.4 is 30.3 Å². The van der Waals surface area contributed by atoms with E-state index in [1.807, 2.05) is 56.0 Å². The van der Waals surface area contributed by atoms with Crippen LogP contribution in [0.3, 0.4) is 0 Å². The van der Waals surface area contributed by atoms with E-state index >= 15 is 0 Å². The van der Waals surface area contributed by atoms with E-state index in [0.717, 1.165) is 49.8 Å². The lowest BCUT2D eigenvalue weighted by Gasteiger charge is -2.26. The van der Waals surface area contributed by atoms with E-state index in [1.165, 1.54) is 6.08 Å². The largest absolute Gasteiger partial charge is 0.497 e. The van der Waals surface area contributed by atoms with Gasteiger partial charge in [-0.3, -0.25) is 9.59 Å². The Labute approximate surface area is 269 Å². The molecule has 4 aromatic rings. The fourth-order valence-electron chi connectivity index (χ4n) is 5.70. The predicted molar refractivity (Wildman–Crippen MR) is 183 cm³/mol. The minimum Gasteiger partial charge on any atom is -0.497 e. The number of aromatic nitrogens is 3. The van der Waals surface area contributed by atoms with E-state index in [2.05, 4.69) is 37.3 Å². The number of amides is 2. The van der Waals surface area contributed by atoms with E-state index in [9.17, 15) is 9.59 Å². The van der Waals surface area contributed by atoms with E-state index in [4.69, 9.17) is 14.5 Å². The maximum Gasteiger partial charge on any atom is 0.272 e. The molecule has 2 amide bonds. The topological polar surface area (TPSA) is 126 Å². The zero-order valence-corrected chi connectivity index (χ0v) is 27.1. The van der Waals surface area contributed by atoms with Crippen LogP contribution in [0.2, 0.25) is 0 Å². The summed E-state index contributed by atoms with van der Waals surface area (Å²) in [6, 6.07) is 12.9. The number of nitrogens with zero attached hydrogens (tertiary/aromatic N) is 5. The number of benzene rings is 2. The molecule has 1 aliphatic carbocycles. The molecule has 2 heterocycles. The molecule has 5 rings (SSSR count). The van der Waals surface area contributed by atoms with Gasteiger partial charge in [0.05, 0.1) is 31.3 Å². The van der Waals surface area contributed by atoms with E-state index in [1.54, 1.807) is 32.5 Å². The maximum absolute atomic E-state index is 13.6. The van der Waals surface area contributed by atoms with Gasteiger partial charge in [-0.25, -0.2) is 4.98 Å². The second-order valence-electron chi connectivity index (χ2n) is 11.6. The lowest BCUT2D eigenvalue weighted by atomic mass is 10.2. The van der Waals surface area contributed by atoms with Crippen molar-refractivity contribution in [2.24, 2.45) is 0 Å². The van der Waals surface area contributed by atoms with Crippen LogP contribution in [0.25, 0.3) is 11.0 Å². The van der Waals surface area contributed by atoms with Crippen molar-refractivity contribution >= 4 is 51.5 Å². The third-order valence-corrected chi connectivity index (χ3v) is 8.13. The number of likely N-dealkylation sites (N-methyl/N-ethyl adjacent to an activating group) is 2. The minimum atomic E-state index is -0.329. The van der Waals surface area contributed by atoms with Crippen molar-refractivity contribution in [2.45, 2.75) is 31.7 Å². The first-order valence-electron chi connectivity index (χ1n) is 15.3. The number of anilines is 5. The summed E-state index contributed by atoms with van der Waals surface area (Å²) in [6.07, 6.45) is 7.04. The Morgan fingerprint density at radius 1 is 1.02 bits per heavy atom. The highest BCUT2D eigenvalue weighted by molar-refractivity contribution is 6.06. The van der Waals surface area contributed by atoms with Crippen LogP contribution in [-0.4, -0.2) is 79.7 Å². The molecule has 0 unspecified atom stereocenters. The van der Waals surface area contributed by atoms with Crippen LogP contribution in [0, 0.1) is 0 Å². The number of hydrogen-bond donors (Lipinski definition) is 3. The Bertz CT molecular complexity index is 1730. The van der Waals surface area contributed by atoms with Crippen molar-refractivity contribution in [1.82, 2.24) is 19.4 Å². The van der Waals surface area contributed by atoms with Crippen molar-refractivity contribution in [2.75, 3.05) is 69.3 Å². The van der Waals surface area contributed by atoms with Crippen molar-refractivity contribution in [1.29, 1.82) is 0 Å². The molecule has 0 radical (unpaired) electrons. The molecule has 1 fully saturated rings. The quantitative estimate of drug-likeness (QED) is 0.161. The minimum absolute atomic E-state index is 0.138. The molecule has 0 aliphatic heterocycles. The molecule has 242 valence electrons. The summed E-state index contributed by atoms with van der Waals surface area (Å²) in [5.74, 6) is 0.983. The Morgan fingerprint density at radius 3 is 2.50 bits per heavy atom. The van der Waals surface area contributed by atoms with Gasteiger partial charge in [-0.2, -0.15) is 4.98 Å². The first-order chi connectivity index (χ1) is 22.2. The summed E-state index contributed by atoms with van der Waals surface area (Å²) < 4.78 is 13.1. The number of nitrogens with one attached hydrogen (secondary N) is 3. The number of carbonyl (C=O) groups excluding carboxylic acids is 2. The summed E-state index contributed by atoms with van der Waals surface area (Å²) in [7, 11) is 9.17. The molecule has 12 nitrogen and oxygen atoms in total. The molecule has 12 heteroatoms. The predicted octanol–water partition coefficient (Wildman–Crippen LogP) is 5.68. The number of ether oxygens (including phenoxy) is 2. The molecule has 1 aliphatic rings. The first kappa shape index (κ1) is 32.3. The summed E-state index contributed by atoms with van der Waals surface area (Å²) in [6.45, 7) is 5.15. The fourth-order valence-corrected chi connectivity index (χ4v) is 5.70. The average Bonchev–Trinajstić information content (AvgIpc) is 3.72. The molecule has 0 spiro atoms. The zero-order chi connectivity index (χ0) is 32.8. The van der Waals surface area contributed by atoms with Crippen LogP contribution in [-0.2, 0) is 4.79 Å². The van der Waals surface area contributed by atoms with Gasteiger partial charge in [-0.15, -0.1) is 0 Å². The first-order valence-corrected chi connectivity index (χ1v) is 15.3. The van der Waals surface area contributed by atoms with Gasteiger partial charge in [-0.05, 0) is 57.3 Å². The Kier molecular flexibility index (Phi) is 10.1. The third kappa shape index (κ3) is 7.23. The van der Waals surface area contributed by atoms with Gasteiger partial charge in [0.1, 0.15) is 22.8 Å². The average molecular weight is 627 g/mol. The van der Waals surface area contributed by atoms with Crippen molar-refractivity contribution in [3.8, 4) is 11.5 Å². The number of fused-ring (bicyclic) bond motifs is 1. The van der Waals surface area contributed by atoms with Crippen LogP contribution >= 0.6 is 0 Å². The van der Waals surface area contributed by atoms with Crippen LogP contribution in [0.5, 0.6) is 11.5 Å². The van der Waals surface area contributed by atoms with E-state index in [-0.39, 0.29) is 17.9 Å². The molecule has 2 aromatic heterocycles. The molecule has 3 N–H and O–H groups in total. The summed E-state index contributed by atoms with van der Waals surface area (Å²) in [4.78, 5) is 39.7. The van der Waals surface area contributed by atoms with Gasteiger partial charge in [0.25, 0.3) is 5.91 Å². The maximum atomic E-state index is 13.6. The van der Waals surface area contributed by atoms with Crippen molar-refractivity contribution in [3.05, 3.63) is 67.0 Å². The number of carbonyl (C=O) groups is 2. The standard InChI is InChI=1S/C34H42N8O4/c1-7-31(43)37-26-19-27(30(46-6)20-28(26)41(4)16-15-40(2)3)38-34-35-21-22-17-29(42(32(22)39-34)24-12-8-9-13-24)33(44)36-23-11-10-14-25(18-23)45-5/h7,10-11,14,17-21,24H,1,8-9,12-13,15-16H2,2-6H3,(H,36,44)(H,37,43)(H,35,38,39). The second kappa shape index (κ2) is 14.3. The summed E-state index contributed by atoms with van der Waals surface area (Å²) in [5, 5.41) is 9.99. The van der Waals surface area contributed by atoms with Crippen LogP contribution in [0.15, 0.2) is 61.3 Å². The molecule has 0 atom stereocenters. The van der Waals surface area contributed by atoms with E-state index in [0.29, 0.717) is 45.9 Å². The molecule has 46 heavy (non-hydrogen) atoms. The highest BCUT2D eigenvalue weighted by Gasteiger charge is 2.26. The van der Waals surface area contributed by atoms with Gasteiger partial charge in [0.2, 0.25) is 11.9 Å². The fraction of sp³-hybridized carbons (Fsp3) is 0.353. The summed E-state index contributed by atoms with van der Waals surface area (Å²) in [5.41, 5.74) is 3.77. The Hall–Kier alpha value is -5.10. The normalized spacial score (nSPS) is 13.1. The molecular formula is C34H42N8O4. The van der Waals surface area contributed by atoms with Gasteiger partial charge < -0.3 is 39.8 Å². The second-order valence-corrected chi connectivity index (χ2v) is 11.6.